The van der Waals surface area contributed by atoms with Crippen LogP contribution in [0.1, 0.15) is 19.4 Å². The molecule has 12 heavy (non-hydrogen) atoms. The highest BCUT2D eigenvalue weighted by Crippen LogP contribution is 2.12. The summed E-state index contributed by atoms with van der Waals surface area (Å²) in [5, 5.41) is 2.65. The monoisotopic (exact) mass is 170 g/mol. The molecule has 1 N–H and O–H groups in total. The van der Waals surface area contributed by atoms with Crippen molar-refractivity contribution in [1.29, 1.82) is 0 Å². The maximum Gasteiger partial charge on any atom is 0.168 e. The van der Waals surface area contributed by atoms with Crippen LogP contribution in [0.25, 0.3) is 0 Å². The summed E-state index contributed by atoms with van der Waals surface area (Å²) in [4.78, 5) is 3.77. The lowest BCUT2D eigenvalue weighted by Gasteiger charge is -2.01. The van der Waals surface area contributed by atoms with Crippen LogP contribution in [0.4, 0.5) is 10.2 Å². The topological polar surface area (TPSA) is 24.9 Å². The Kier molecular flexibility index (Phi) is 5.00. The van der Waals surface area contributed by atoms with E-state index in [-0.39, 0.29) is 5.82 Å². The van der Waals surface area contributed by atoms with E-state index in [9.17, 15) is 4.39 Å². The van der Waals surface area contributed by atoms with E-state index in [0.717, 1.165) is 0 Å². The zero-order chi connectivity index (χ0) is 9.56. The van der Waals surface area contributed by atoms with Crippen LogP contribution in [0, 0.1) is 12.7 Å². The van der Waals surface area contributed by atoms with Gasteiger partial charge in [-0.25, -0.2) is 9.37 Å². The van der Waals surface area contributed by atoms with Crippen molar-refractivity contribution in [2.75, 3.05) is 12.4 Å². The third-order valence-electron chi connectivity index (χ3n) is 1.32. The molecular weight excluding hydrogens is 155 g/mol. The summed E-state index contributed by atoms with van der Waals surface area (Å²) in [6.45, 7) is 5.71. The van der Waals surface area contributed by atoms with Crippen LogP contribution in [0.15, 0.2) is 12.3 Å². The van der Waals surface area contributed by atoms with Crippen molar-refractivity contribution in [3.8, 4) is 0 Å². The Bertz CT molecular complexity index is 236. The van der Waals surface area contributed by atoms with Crippen molar-refractivity contribution >= 4 is 5.82 Å². The van der Waals surface area contributed by atoms with E-state index in [0.29, 0.717) is 11.4 Å². The van der Waals surface area contributed by atoms with Gasteiger partial charge in [0.1, 0.15) is 0 Å². The Hall–Kier alpha value is -1.12. The fourth-order valence-corrected chi connectivity index (χ4v) is 0.714. The average molecular weight is 170 g/mol. The van der Waals surface area contributed by atoms with Crippen LogP contribution in [-0.2, 0) is 0 Å². The second-order valence-corrected chi connectivity index (χ2v) is 2.04. The molecule has 0 aliphatic rings. The highest BCUT2D eigenvalue weighted by atomic mass is 19.1. The highest BCUT2D eigenvalue weighted by molar-refractivity contribution is 5.38. The molecule has 0 amide bonds. The number of aromatic nitrogens is 1. The Morgan fingerprint density at radius 2 is 2.00 bits per heavy atom. The summed E-state index contributed by atoms with van der Waals surface area (Å²) < 4.78 is 12.9. The normalized spacial score (nSPS) is 8.42. The minimum absolute atomic E-state index is 0.273. The van der Waals surface area contributed by atoms with Crippen molar-refractivity contribution in [2.45, 2.75) is 20.8 Å². The van der Waals surface area contributed by atoms with Crippen molar-refractivity contribution in [3.63, 3.8) is 0 Å². The van der Waals surface area contributed by atoms with E-state index in [1.165, 1.54) is 0 Å². The van der Waals surface area contributed by atoms with E-state index in [4.69, 9.17) is 0 Å². The molecule has 0 radical (unpaired) electrons. The molecule has 0 unspecified atom stereocenters. The number of pyridine rings is 1. The van der Waals surface area contributed by atoms with Gasteiger partial charge in [-0.3, -0.25) is 0 Å². The van der Waals surface area contributed by atoms with E-state index >= 15 is 0 Å². The molecule has 0 aliphatic heterocycles. The Morgan fingerprint density at radius 1 is 1.42 bits per heavy atom. The Labute approximate surface area is 72.8 Å². The van der Waals surface area contributed by atoms with Gasteiger partial charge in [0.2, 0.25) is 0 Å². The van der Waals surface area contributed by atoms with E-state index in [1.807, 2.05) is 13.8 Å². The van der Waals surface area contributed by atoms with E-state index in [2.05, 4.69) is 10.3 Å². The lowest BCUT2D eigenvalue weighted by Crippen LogP contribution is -1.97. The fourth-order valence-electron chi connectivity index (χ4n) is 0.714. The molecule has 0 spiro atoms. The van der Waals surface area contributed by atoms with Gasteiger partial charge in [-0.05, 0) is 18.6 Å². The van der Waals surface area contributed by atoms with Crippen molar-refractivity contribution in [1.82, 2.24) is 4.98 Å². The molecule has 1 aromatic rings. The van der Waals surface area contributed by atoms with Gasteiger partial charge in [0, 0.05) is 13.2 Å². The Balaban J connectivity index is 0.000000561. The summed E-state index contributed by atoms with van der Waals surface area (Å²) in [6.07, 6.45) is 1.57. The molecular formula is C9H15FN2. The van der Waals surface area contributed by atoms with Crippen LogP contribution < -0.4 is 5.32 Å². The van der Waals surface area contributed by atoms with Crippen LogP contribution in [0.3, 0.4) is 0 Å². The van der Waals surface area contributed by atoms with Crippen LogP contribution in [0.5, 0.6) is 0 Å². The van der Waals surface area contributed by atoms with Crippen molar-refractivity contribution < 1.29 is 4.39 Å². The zero-order valence-electron chi connectivity index (χ0n) is 7.98. The number of rotatable bonds is 1. The molecule has 1 heterocycles. The van der Waals surface area contributed by atoms with Crippen LogP contribution >= 0.6 is 0 Å². The summed E-state index contributed by atoms with van der Waals surface area (Å²) in [5.74, 6) is 0.0324. The molecule has 68 valence electrons. The summed E-state index contributed by atoms with van der Waals surface area (Å²) in [7, 11) is 1.64. The predicted molar refractivity (Wildman–Crippen MR) is 49.8 cm³/mol. The SMILES string of the molecule is CC.CNc1nccc(C)c1F. The first kappa shape index (κ1) is 10.9. The summed E-state index contributed by atoms with van der Waals surface area (Å²) in [6, 6.07) is 1.64. The van der Waals surface area contributed by atoms with Crippen molar-refractivity contribution in [2.24, 2.45) is 0 Å². The second kappa shape index (κ2) is 5.52. The molecule has 0 atom stereocenters. The quantitative estimate of drug-likeness (QED) is 0.700. The number of halogens is 1. The molecule has 0 aromatic carbocycles. The van der Waals surface area contributed by atoms with Crippen LogP contribution in [-0.4, -0.2) is 12.0 Å². The number of aryl methyl sites for hydroxylation is 1. The molecule has 1 aromatic heterocycles. The standard InChI is InChI=1S/C7H9FN2.C2H6/c1-5-3-4-10-7(9-2)6(5)8;1-2/h3-4H,1-2H3,(H,9,10);1-2H3. The van der Waals surface area contributed by atoms with Gasteiger partial charge in [0.15, 0.2) is 11.6 Å². The summed E-state index contributed by atoms with van der Waals surface area (Å²) >= 11 is 0. The third kappa shape index (κ3) is 2.49. The van der Waals surface area contributed by atoms with Gasteiger partial charge in [0.25, 0.3) is 0 Å². The first-order valence-corrected chi connectivity index (χ1v) is 4.04. The molecule has 0 aliphatic carbocycles. The number of nitrogens with one attached hydrogen (secondary N) is 1. The average Bonchev–Trinajstić information content (AvgIpc) is 2.13. The second-order valence-electron chi connectivity index (χ2n) is 2.04. The molecule has 1 rings (SSSR count). The molecule has 0 saturated heterocycles. The zero-order valence-corrected chi connectivity index (χ0v) is 7.98. The number of nitrogens with zero attached hydrogens (tertiary/aromatic N) is 1. The van der Waals surface area contributed by atoms with Gasteiger partial charge in [-0.1, -0.05) is 13.8 Å². The smallest absolute Gasteiger partial charge is 0.168 e. The molecule has 0 bridgehead atoms. The number of hydrogen-bond acceptors (Lipinski definition) is 2. The lowest BCUT2D eigenvalue weighted by molar-refractivity contribution is 0.616. The van der Waals surface area contributed by atoms with Crippen molar-refractivity contribution in [3.05, 3.63) is 23.6 Å². The largest absolute Gasteiger partial charge is 0.371 e. The highest BCUT2D eigenvalue weighted by Gasteiger charge is 2.01. The lowest BCUT2D eigenvalue weighted by atomic mass is 10.3. The third-order valence-corrected chi connectivity index (χ3v) is 1.32. The number of hydrogen-bond donors (Lipinski definition) is 1. The minimum atomic E-state index is -0.273. The van der Waals surface area contributed by atoms with Gasteiger partial charge >= 0.3 is 0 Å². The number of anilines is 1. The first-order valence-electron chi connectivity index (χ1n) is 4.04. The molecule has 3 heteroatoms. The molecule has 0 saturated carbocycles. The van der Waals surface area contributed by atoms with E-state index < -0.39 is 0 Å². The minimum Gasteiger partial charge on any atom is -0.371 e. The maximum atomic E-state index is 12.9. The summed E-state index contributed by atoms with van der Waals surface area (Å²) in [5.41, 5.74) is 0.611. The van der Waals surface area contributed by atoms with E-state index in [1.54, 1.807) is 26.2 Å². The maximum absolute atomic E-state index is 12.9. The van der Waals surface area contributed by atoms with Gasteiger partial charge in [-0.15, -0.1) is 0 Å². The van der Waals surface area contributed by atoms with Gasteiger partial charge in [-0.2, -0.15) is 0 Å². The first-order chi connectivity index (χ1) is 5.75. The fraction of sp³-hybridized carbons (Fsp3) is 0.444. The molecule has 2 nitrogen and oxygen atoms in total. The predicted octanol–water partition coefficient (Wildman–Crippen LogP) is 2.60. The van der Waals surface area contributed by atoms with Gasteiger partial charge < -0.3 is 5.32 Å². The van der Waals surface area contributed by atoms with Gasteiger partial charge in [0.05, 0.1) is 0 Å². The van der Waals surface area contributed by atoms with Crippen LogP contribution in [0.2, 0.25) is 0 Å². The Morgan fingerprint density at radius 3 is 2.42 bits per heavy atom. The molecule has 0 fully saturated rings.